The summed E-state index contributed by atoms with van der Waals surface area (Å²) in [7, 11) is 0. The van der Waals surface area contributed by atoms with Gasteiger partial charge in [-0.2, -0.15) is 0 Å². The lowest BCUT2D eigenvalue weighted by Crippen LogP contribution is -2.10. The third kappa shape index (κ3) is 5.16. The van der Waals surface area contributed by atoms with E-state index < -0.39 is 0 Å². The summed E-state index contributed by atoms with van der Waals surface area (Å²) >= 11 is 1.87. The minimum Gasteiger partial charge on any atom is -0.309 e. The van der Waals surface area contributed by atoms with E-state index in [2.05, 4.69) is 216 Å². The van der Waals surface area contributed by atoms with Gasteiger partial charge in [0.15, 0.2) is 0 Å². The smallest absolute Gasteiger partial charge is 0.0640 e. The molecule has 3 heteroatoms. The van der Waals surface area contributed by atoms with Gasteiger partial charge in [0.25, 0.3) is 0 Å². The molecule has 0 aliphatic rings. The Hall–Kier alpha value is -6.94. The van der Waals surface area contributed by atoms with Crippen LogP contribution in [0, 0.1) is 0 Å². The van der Waals surface area contributed by atoms with Crippen LogP contribution in [0.1, 0.15) is 0 Å². The predicted molar refractivity (Wildman–Crippen MR) is 237 cm³/mol. The quantitative estimate of drug-likeness (QED) is 0.166. The summed E-state index contributed by atoms with van der Waals surface area (Å²) in [4.78, 5) is 2.43. The molecule has 0 spiro atoms. The standard InChI is InChI=1S/C52H34N2S/c1-2-15-38(16-3-1)54-48-24-8-6-18-44(48)46-22-11-21-43(51(46)54)37-29-33-40(34-30-37)53(49-25-12-23-47-45-19-7-9-26-50(45)55-52(47)49)39-31-27-36(28-32-39)42-20-10-14-35-13-4-5-17-41(35)42/h1-34H. The first-order valence-corrected chi connectivity index (χ1v) is 19.6. The average molecular weight is 719 g/mol. The van der Waals surface area contributed by atoms with E-state index in [1.54, 1.807) is 0 Å². The zero-order valence-corrected chi connectivity index (χ0v) is 30.7. The Kier molecular flexibility index (Phi) is 7.39. The number of rotatable bonds is 6. The van der Waals surface area contributed by atoms with Crippen LogP contribution in [0.5, 0.6) is 0 Å². The topological polar surface area (TPSA) is 8.17 Å². The highest BCUT2D eigenvalue weighted by atomic mass is 32.1. The number of fused-ring (bicyclic) bond motifs is 7. The van der Waals surface area contributed by atoms with Gasteiger partial charge in [-0.15, -0.1) is 11.3 Å². The monoisotopic (exact) mass is 718 g/mol. The van der Waals surface area contributed by atoms with Crippen LogP contribution in [0.3, 0.4) is 0 Å². The third-order valence-corrected chi connectivity index (χ3v) is 12.2. The highest BCUT2D eigenvalue weighted by Gasteiger charge is 2.20. The molecule has 0 atom stereocenters. The summed E-state index contributed by atoms with van der Waals surface area (Å²) < 4.78 is 5.00. The van der Waals surface area contributed by atoms with Crippen LogP contribution in [0.15, 0.2) is 206 Å². The summed E-state index contributed by atoms with van der Waals surface area (Å²) in [5.41, 5.74) is 11.8. The zero-order valence-electron chi connectivity index (χ0n) is 29.9. The highest BCUT2D eigenvalue weighted by molar-refractivity contribution is 7.26. The van der Waals surface area contributed by atoms with Crippen LogP contribution in [0.4, 0.5) is 17.1 Å². The first-order chi connectivity index (χ1) is 27.3. The molecule has 258 valence electrons. The SMILES string of the molecule is c1ccc(-n2c3ccccc3c3cccc(-c4ccc(N(c5ccc(-c6cccc7ccccc67)cc5)c5cccc6c5sc5ccccc56)cc4)c32)cc1. The molecule has 0 unspecified atom stereocenters. The second-order valence-electron chi connectivity index (χ2n) is 14.1. The van der Waals surface area contributed by atoms with Gasteiger partial charge in [0.05, 0.1) is 21.4 Å². The molecule has 2 nitrogen and oxygen atoms in total. The van der Waals surface area contributed by atoms with Gasteiger partial charge in [0.2, 0.25) is 0 Å². The number of anilines is 3. The fourth-order valence-electron chi connectivity index (χ4n) is 8.49. The van der Waals surface area contributed by atoms with Gasteiger partial charge in [-0.1, -0.05) is 152 Å². The van der Waals surface area contributed by atoms with Crippen LogP contribution >= 0.6 is 11.3 Å². The molecular weight excluding hydrogens is 685 g/mol. The molecule has 11 aromatic rings. The number of benzene rings is 9. The number of nitrogens with zero attached hydrogens (tertiary/aromatic N) is 2. The largest absolute Gasteiger partial charge is 0.309 e. The van der Waals surface area contributed by atoms with Crippen molar-refractivity contribution >= 4 is 81.1 Å². The fraction of sp³-hybridized carbons (Fsp3) is 0. The molecule has 0 fully saturated rings. The molecule has 0 amide bonds. The molecule has 2 aromatic heterocycles. The van der Waals surface area contributed by atoms with Crippen molar-refractivity contribution in [2.45, 2.75) is 0 Å². The van der Waals surface area contributed by atoms with Crippen LogP contribution in [-0.4, -0.2) is 4.57 Å². The summed E-state index contributed by atoms with van der Waals surface area (Å²) in [6.45, 7) is 0. The Morgan fingerprint density at radius 2 is 0.945 bits per heavy atom. The molecule has 2 heterocycles. The predicted octanol–water partition coefficient (Wildman–Crippen LogP) is 15.1. The molecular formula is C52H34N2S. The lowest BCUT2D eigenvalue weighted by Gasteiger charge is -2.26. The van der Waals surface area contributed by atoms with Crippen molar-refractivity contribution in [3.63, 3.8) is 0 Å². The van der Waals surface area contributed by atoms with Gasteiger partial charge in [-0.25, -0.2) is 0 Å². The average Bonchev–Trinajstić information content (AvgIpc) is 3.81. The fourth-order valence-corrected chi connectivity index (χ4v) is 9.70. The Morgan fingerprint density at radius 1 is 0.382 bits per heavy atom. The van der Waals surface area contributed by atoms with E-state index in [0.29, 0.717) is 0 Å². The van der Waals surface area contributed by atoms with E-state index >= 15 is 0 Å². The molecule has 0 aliphatic carbocycles. The molecule has 0 bridgehead atoms. The Morgan fingerprint density at radius 3 is 1.75 bits per heavy atom. The van der Waals surface area contributed by atoms with Crippen LogP contribution < -0.4 is 4.90 Å². The second-order valence-corrected chi connectivity index (χ2v) is 15.1. The summed E-state index contributed by atoms with van der Waals surface area (Å²) in [5, 5.41) is 7.61. The Balaban J connectivity index is 1.08. The molecule has 55 heavy (non-hydrogen) atoms. The van der Waals surface area contributed by atoms with E-state index in [4.69, 9.17) is 0 Å². The van der Waals surface area contributed by atoms with Crippen LogP contribution in [0.2, 0.25) is 0 Å². The highest BCUT2D eigenvalue weighted by Crippen LogP contribution is 2.46. The minimum atomic E-state index is 1.11. The molecule has 0 radical (unpaired) electrons. The van der Waals surface area contributed by atoms with Crippen molar-refractivity contribution in [1.82, 2.24) is 4.57 Å². The Labute approximate surface area is 323 Å². The van der Waals surface area contributed by atoms with E-state index in [0.717, 1.165) is 17.1 Å². The third-order valence-electron chi connectivity index (χ3n) is 11.0. The Bertz CT molecular complexity index is 3180. The first kappa shape index (κ1) is 31.6. The van der Waals surface area contributed by atoms with Crippen molar-refractivity contribution < 1.29 is 0 Å². The molecule has 0 N–H and O–H groups in total. The van der Waals surface area contributed by atoms with Crippen molar-refractivity contribution in [2.75, 3.05) is 4.90 Å². The van der Waals surface area contributed by atoms with Crippen LogP contribution in [-0.2, 0) is 0 Å². The van der Waals surface area contributed by atoms with E-state index in [9.17, 15) is 0 Å². The van der Waals surface area contributed by atoms with Crippen molar-refractivity contribution in [3.05, 3.63) is 206 Å². The minimum absolute atomic E-state index is 1.11. The van der Waals surface area contributed by atoms with Gasteiger partial charge in [-0.3, -0.25) is 0 Å². The van der Waals surface area contributed by atoms with Gasteiger partial charge < -0.3 is 9.47 Å². The van der Waals surface area contributed by atoms with Gasteiger partial charge in [0.1, 0.15) is 0 Å². The lowest BCUT2D eigenvalue weighted by atomic mass is 9.98. The molecule has 0 saturated heterocycles. The van der Waals surface area contributed by atoms with Gasteiger partial charge >= 0.3 is 0 Å². The molecule has 11 rings (SSSR count). The van der Waals surface area contributed by atoms with Crippen molar-refractivity contribution in [2.24, 2.45) is 0 Å². The number of hydrogen-bond acceptors (Lipinski definition) is 2. The summed E-state index contributed by atoms with van der Waals surface area (Å²) in [6, 6.07) is 75.1. The van der Waals surface area contributed by atoms with E-state index in [1.165, 1.54) is 80.7 Å². The van der Waals surface area contributed by atoms with E-state index in [-0.39, 0.29) is 0 Å². The van der Waals surface area contributed by atoms with Crippen LogP contribution in [0.25, 0.3) is 80.7 Å². The van der Waals surface area contributed by atoms with E-state index in [1.807, 2.05) is 11.3 Å². The lowest BCUT2D eigenvalue weighted by molar-refractivity contribution is 1.18. The maximum absolute atomic E-state index is 2.43. The number of thiophene rings is 1. The molecule has 0 aliphatic heterocycles. The molecule has 9 aromatic carbocycles. The second kappa shape index (κ2) is 12.9. The zero-order chi connectivity index (χ0) is 36.3. The summed E-state index contributed by atoms with van der Waals surface area (Å²) in [6.07, 6.45) is 0. The number of aromatic nitrogens is 1. The van der Waals surface area contributed by atoms with Crippen molar-refractivity contribution in [3.8, 4) is 27.9 Å². The van der Waals surface area contributed by atoms with Crippen molar-refractivity contribution in [1.29, 1.82) is 0 Å². The van der Waals surface area contributed by atoms with Gasteiger partial charge in [-0.05, 0) is 82.1 Å². The molecule has 0 saturated carbocycles. The maximum atomic E-state index is 2.43. The maximum Gasteiger partial charge on any atom is 0.0640 e. The number of para-hydroxylation sites is 3. The first-order valence-electron chi connectivity index (χ1n) is 18.8. The summed E-state index contributed by atoms with van der Waals surface area (Å²) in [5.74, 6) is 0. The normalized spacial score (nSPS) is 11.6. The number of hydrogen-bond donors (Lipinski definition) is 0. The van der Waals surface area contributed by atoms with Gasteiger partial charge in [0, 0.05) is 48.9 Å².